The molecule has 1 rings (SSSR count). The molecule has 0 spiro atoms. The molecule has 1 saturated heterocycles. The number of carbonyl (C=O) groups is 1. The number of carbonyl (C=O) groups excluding carboxylic acids is 1. The standard InChI is InChI=1S/C6H12N2O.CH4.3BF4/c1-6(9)8-4-2-7-3-5-8;;3*2-1(3,4)5/h7H,2-5H2,1H3;1H4;;;/q;;3*-1. The van der Waals surface area contributed by atoms with Gasteiger partial charge in [-0.05, 0) is 0 Å². The van der Waals surface area contributed by atoms with Crippen molar-refractivity contribution in [2.75, 3.05) is 26.2 Å². The van der Waals surface area contributed by atoms with Gasteiger partial charge in [0.2, 0.25) is 5.91 Å². The first-order valence-electron chi connectivity index (χ1n) is 5.89. The monoisotopic (exact) mass is 405 g/mol. The van der Waals surface area contributed by atoms with Gasteiger partial charge < -0.3 is 62.0 Å². The molecular weight excluding hydrogens is 389 g/mol. The van der Waals surface area contributed by atoms with Gasteiger partial charge >= 0.3 is 21.8 Å². The van der Waals surface area contributed by atoms with E-state index < -0.39 is 21.8 Å². The third-order valence-electron chi connectivity index (χ3n) is 1.56. The molecule has 0 aromatic rings. The topological polar surface area (TPSA) is 32.3 Å². The molecule has 25 heavy (non-hydrogen) atoms. The molecule has 0 aliphatic carbocycles. The maximum atomic E-state index is 10.7. The maximum absolute atomic E-state index is 10.7. The minimum Gasteiger partial charge on any atom is -0.418 e. The number of piperazine rings is 1. The summed E-state index contributed by atoms with van der Waals surface area (Å²) in [5, 5.41) is 3.18. The fourth-order valence-electron chi connectivity index (χ4n) is 0.980. The van der Waals surface area contributed by atoms with Crippen LogP contribution in [0.3, 0.4) is 0 Å². The molecule has 0 unspecified atom stereocenters. The Bertz CT molecular complexity index is 282. The fraction of sp³-hybridized carbons (Fsp3) is 0.857. The van der Waals surface area contributed by atoms with E-state index in [1.807, 2.05) is 4.90 Å². The quantitative estimate of drug-likeness (QED) is 0.489. The summed E-state index contributed by atoms with van der Waals surface area (Å²) >= 11 is 0. The minimum absolute atomic E-state index is 0. The molecule has 3 nitrogen and oxygen atoms in total. The van der Waals surface area contributed by atoms with E-state index in [-0.39, 0.29) is 13.3 Å². The molecule has 1 fully saturated rings. The highest BCUT2D eigenvalue weighted by Crippen LogP contribution is 2.07. The molecule has 1 aliphatic heterocycles. The largest absolute Gasteiger partial charge is 0.673 e. The zero-order valence-electron chi connectivity index (χ0n) is 12.0. The molecule has 0 atom stereocenters. The zero-order chi connectivity index (χ0) is 20.2. The van der Waals surface area contributed by atoms with E-state index in [1.165, 1.54) is 0 Å². The second-order valence-corrected chi connectivity index (χ2v) is 3.74. The third-order valence-corrected chi connectivity index (χ3v) is 1.56. The highest BCUT2D eigenvalue weighted by Gasteiger charge is 2.21. The fourth-order valence-corrected chi connectivity index (χ4v) is 0.980. The first kappa shape index (κ1) is 31.5. The molecule has 1 N–H and O–H groups in total. The van der Waals surface area contributed by atoms with Crippen LogP contribution in [-0.4, -0.2) is 58.7 Å². The van der Waals surface area contributed by atoms with E-state index in [1.54, 1.807) is 6.92 Å². The zero-order valence-corrected chi connectivity index (χ0v) is 12.0. The summed E-state index contributed by atoms with van der Waals surface area (Å²) in [5.41, 5.74) is 0. The van der Waals surface area contributed by atoms with Crippen LogP contribution in [0, 0.1) is 0 Å². The van der Waals surface area contributed by atoms with E-state index in [0.717, 1.165) is 26.2 Å². The lowest BCUT2D eigenvalue weighted by Crippen LogP contribution is -2.45. The summed E-state index contributed by atoms with van der Waals surface area (Å²) in [4.78, 5) is 12.6. The molecule has 1 heterocycles. The summed E-state index contributed by atoms with van der Waals surface area (Å²) < 4.78 is 117. The van der Waals surface area contributed by atoms with Crippen molar-refractivity contribution in [2.24, 2.45) is 0 Å². The number of rotatable bonds is 0. The lowest BCUT2D eigenvalue weighted by atomic mass is 10.3. The van der Waals surface area contributed by atoms with Crippen LogP contribution < -0.4 is 5.32 Å². The Morgan fingerprint density at radius 1 is 0.720 bits per heavy atom. The highest BCUT2D eigenvalue weighted by atomic mass is 19.5. The van der Waals surface area contributed by atoms with Gasteiger partial charge in [0, 0.05) is 33.1 Å². The van der Waals surface area contributed by atoms with Crippen molar-refractivity contribution in [2.45, 2.75) is 14.4 Å². The van der Waals surface area contributed by atoms with Gasteiger partial charge in [-0.3, -0.25) is 4.79 Å². The van der Waals surface area contributed by atoms with Crippen molar-refractivity contribution in [1.82, 2.24) is 10.2 Å². The van der Waals surface area contributed by atoms with Crippen molar-refractivity contribution < 1.29 is 56.6 Å². The number of amides is 1. The SMILES string of the molecule is C.CC(=O)N1CCNCC1.F[B-](F)(F)F.F[B-](F)(F)F.F[B-](F)(F)F. The van der Waals surface area contributed by atoms with Gasteiger partial charge in [-0.1, -0.05) is 7.43 Å². The second-order valence-electron chi connectivity index (χ2n) is 3.74. The third kappa shape index (κ3) is 84.6. The van der Waals surface area contributed by atoms with Crippen LogP contribution >= 0.6 is 0 Å². The first-order valence-corrected chi connectivity index (χ1v) is 5.89. The van der Waals surface area contributed by atoms with E-state index in [2.05, 4.69) is 5.32 Å². The number of nitrogens with one attached hydrogen (secondary N) is 1. The Morgan fingerprint density at radius 3 is 1.04 bits per heavy atom. The lowest BCUT2D eigenvalue weighted by Gasteiger charge is -2.25. The van der Waals surface area contributed by atoms with Gasteiger partial charge in [-0.15, -0.1) is 0 Å². The predicted octanol–water partition coefficient (Wildman–Crippen LogP) is 3.97. The molecule has 0 radical (unpaired) electrons. The smallest absolute Gasteiger partial charge is 0.418 e. The average molecular weight is 405 g/mol. The van der Waals surface area contributed by atoms with Crippen LogP contribution in [-0.2, 0) is 4.79 Å². The predicted molar refractivity (Wildman–Crippen MR) is 72.4 cm³/mol. The van der Waals surface area contributed by atoms with Gasteiger partial charge in [0.1, 0.15) is 0 Å². The highest BCUT2D eigenvalue weighted by molar-refractivity contribution is 6.50. The summed E-state index contributed by atoms with van der Waals surface area (Å²) in [7, 11) is -18.0. The van der Waals surface area contributed by atoms with E-state index >= 15 is 0 Å². The van der Waals surface area contributed by atoms with E-state index in [9.17, 15) is 56.6 Å². The van der Waals surface area contributed by atoms with Gasteiger partial charge in [-0.25, -0.2) is 0 Å². The Kier molecular flexibility index (Phi) is 17.7. The van der Waals surface area contributed by atoms with Crippen LogP contribution in [0.2, 0.25) is 0 Å². The van der Waals surface area contributed by atoms with E-state index in [4.69, 9.17) is 0 Å². The number of nitrogens with zero attached hydrogens (tertiary/aromatic N) is 1. The van der Waals surface area contributed by atoms with Gasteiger partial charge in [-0.2, -0.15) is 0 Å². The Balaban J connectivity index is -0.000000122. The number of halogens is 12. The molecule has 1 aliphatic rings. The first-order chi connectivity index (χ1) is 10.3. The summed E-state index contributed by atoms with van der Waals surface area (Å²) in [6.07, 6.45) is 0. The van der Waals surface area contributed by atoms with Crippen LogP contribution in [0.1, 0.15) is 14.4 Å². The molecule has 0 bridgehead atoms. The molecule has 0 aromatic carbocycles. The summed E-state index contributed by atoms with van der Waals surface area (Å²) in [6, 6.07) is 0. The molecule has 0 saturated carbocycles. The molecule has 18 heteroatoms. The van der Waals surface area contributed by atoms with E-state index in [0.29, 0.717) is 0 Å². The Labute approximate surface area is 136 Å². The Hall–Kier alpha value is -1.22. The van der Waals surface area contributed by atoms with Crippen molar-refractivity contribution in [3.63, 3.8) is 0 Å². The van der Waals surface area contributed by atoms with Crippen molar-refractivity contribution in [3.8, 4) is 0 Å². The van der Waals surface area contributed by atoms with Crippen LogP contribution in [0.25, 0.3) is 0 Å². The van der Waals surface area contributed by atoms with Gasteiger partial charge in [0.05, 0.1) is 0 Å². The summed E-state index contributed by atoms with van der Waals surface area (Å²) in [6.45, 7) is 5.25. The second kappa shape index (κ2) is 14.0. The average Bonchev–Trinajstić information content (AvgIpc) is 2.23. The van der Waals surface area contributed by atoms with Crippen molar-refractivity contribution in [1.29, 1.82) is 0 Å². The van der Waals surface area contributed by atoms with Crippen molar-refractivity contribution in [3.05, 3.63) is 0 Å². The molecule has 1 amide bonds. The maximum Gasteiger partial charge on any atom is 0.673 e. The minimum atomic E-state index is -6.00. The normalized spacial score (nSPS) is 14.4. The number of hydrogen-bond donors (Lipinski definition) is 1. The summed E-state index contributed by atoms with van der Waals surface area (Å²) in [5.74, 6) is 0.191. The number of hydrogen-bond acceptors (Lipinski definition) is 2. The Morgan fingerprint density at radius 2 is 0.920 bits per heavy atom. The molecular formula is C7H16B3F12N2O-3. The van der Waals surface area contributed by atoms with Crippen LogP contribution in [0.4, 0.5) is 51.8 Å². The van der Waals surface area contributed by atoms with Gasteiger partial charge in [0.15, 0.2) is 0 Å². The van der Waals surface area contributed by atoms with Crippen molar-refractivity contribution >= 4 is 27.7 Å². The molecule has 0 aromatic heterocycles. The van der Waals surface area contributed by atoms with Crippen LogP contribution in [0.15, 0.2) is 0 Å². The molecule has 156 valence electrons. The van der Waals surface area contributed by atoms with Gasteiger partial charge in [0.25, 0.3) is 0 Å². The van der Waals surface area contributed by atoms with Crippen LogP contribution in [0.5, 0.6) is 0 Å². The lowest BCUT2D eigenvalue weighted by molar-refractivity contribution is -0.129.